The van der Waals surface area contributed by atoms with Gasteiger partial charge < -0.3 is 20.1 Å². The molecule has 2 aromatic carbocycles. The second-order valence-corrected chi connectivity index (χ2v) is 6.60. The Kier molecular flexibility index (Phi) is 5.30. The lowest BCUT2D eigenvalue weighted by atomic mass is 10.2. The van der Waals surface area contributed by atoms with Crippen molar-refractivity contribution in [1.82, 2.24) is 4.98 Å². The Morgan fingerprint density at radius 2 is 1.86 bits per heavy atom. The quantitative estimate of drug-likeness (QED) is 0.671. The van der Waals surface area contributed by atoms with Crippen LogP contribution < -0.4 is 20.1 Å². The molecule has 0 aliphatic carbocycles. The molecule has 0 saturated heterocycles. The Labute approximate surface area is 167 Å². The van der Waals surface area contributed by atoms with Gasteiger partial charge in [0.05, 0.1) is 5.56 Å². The second kappa shape index (κ2) is 8.19. The molecule has 28 heavy (non-hydrogen) atoms. The van der Waals surface area contributed by atoms with Crippen LogP contribution in [0.4, 0.5) is 11.5 Å². The average molecular weight is 396 g/mol. The van der Waals surface area contributed by atoms with Gasteiger partial charge in [-0.05, 0) is 35.9 Å². The van der Waals surface area contributed by atoms with Crippen molar-refractivity contribution < 1.29 is 14.3 Å². The molecular formula is C21H18ClN3O3. The maximum atomic E-state index is 12.5. The minimum atomic E-state index is -0.248. The summed E-state index contributed by atoms with van der Waals surface area (Å²) in [5.41, 5.74) is 2.07. The molecule has 1 amide bonds. The van der Waals surface area contributed by atoms with Crippen LogP contribution in [0.15, 0.2) is 60.8 Å². The van der Waals surface area contributed by atoms with Gasteiger partial charge in [-0.1, -0.05) is 29.8 Å². The third-order valence-corrected chi connectivity index (χ3v) is 4.61. The van der Waals surface area contributed by atoms with Crippen molar-refractivity contribution in [2.24, 2.45) is 0 Å². The van der Waals surface area contributed by atoms with Crippen molar-refractivity contribution in [3.05, 3.63) is 76.9 Å². The Bertz CT molecular complexity index is 992. The molecule has 3 aromatic rings. The summed E-state index contributed by atoms with van der Waals surface area (Å²) in [6.07, 6.45) is 1.53. The molecule has 0 fully saturated rings. The first kappa shape index (κ1) is 18.1. The SMILES string of the molecule is O=C(Nc1ccc2c(c1)OCCO2)c1ccc(NCc2ccccc2Cl)nc1. The summed E-state index contributed by atoms with van der Waals surface area (Å²) in [5, 5.41) is 6.73. The van der Waals surface area contributed by atoms with Gasteiger partial charge in [0.15, 0.2) is 11.5 Å². The van der Waals surface area contributed by atoms with E-state index in [9.17, 15) is 4.79 Å². The molecule has 7 heteroatoms. The van der Waals surface area contributed by atoms with E-state index in [1.165, 1.54) is 6.20 Å². The summed E-state index contributed by atoms with van der Waals surface area (Å²) >= 11 is 6.15. The summed E-state index contributed by atoms with van der Waals surface area (Å²) in [4.78, 5) is 16.8. The van der Waals surface area contributed by atoms with Gasteiger partial charge in [-0.3, -0.25) is 4.79 Å². The van der Waals surface area contributed by atoms with Crippen molar-refractivity contribution in [2.75, 3.05) is 23.8 Å². The van der Waals surface area contributed by atoms with E-state index in [1.807, 2.05) is 24.3 Å². The third-order valence-electron chi connectivity index (χ3n) is 4.24. The Morgan fingerprint density at radius 3 is 2.64 bits per heavy atom. The maximum Gasteiger partial charge on any atom is 0.257 e. The average Bonchev–Trinajstić information content (AvgIpc) is 2.73. The van der Waals surface area contributed by atoms with Crippen molar-refractivity contribution in [2.45, 2.75) is 6.54 Å². The predicted octanol–water partition coefficient (Wildman–Crippen LogP) is 4.37. The van der Waals surface area contributed by atoms with Crippen LogP contribution in [0.25, 0.3) is 0 Å². The number of pyridine rings is 1. The fourth-order valence-corrected chi connectivity index (χ4v) is 2.99. The first-order chi connectivity index (χ1) is 13.7. The summed E-state index contributed by atoms with van der Waals surface area (Å²) in [5.74, 6) is 1.72. The van der Waals surface area contributed by atoms with Crippen LogP contribution in [0.5, 0.6) is 11.5 Å². The van der Waals surface area contributed by atoms with Crippen LogP contribution in [0, 0.1) is 0 Å². The largest absolute Gasteiger partial charge is 0.486 e. The normalized spacial score (nSPS) is 12.3. The number of nitrogens with zero attached hydrogens (tertiary/aromatic N) is 1. The zero-order valence-electron chi connectivity index (χ0n) is 14.9. The lowest BCUT2D eigenvalue weighted by molar-refractivity contribution is 0.102. The van der Waals surface area contributed by atoms with Crippen molar-refractivity contribution in [1.29, 1.82) is 0 Å². The molecule has 0 atom stereocenters. The number of rotatable bonds is 5. The number of carbonyl (C=O) groups is 1. The minimum Gasteiger partial charge on any atom is -0.486 e. The van der Waals surface area contributed by atoms with E-state index < -0.39 is 0 Å². The number of carbonyl (C=O) groups excluding carboxylic acids is 1. The first-order valence-electron chi connectivity index (χ1n) is 8.83. The highest BCUT2D eigenvalue weighted by Gasteiger charge is 2.13. The van der Waals surface area contributed by atoms with Gasteiger partial charge in [-0.25, -0.2) is 4.98 Å². The monoisotopic (exact) mass is 395 g/mol. The summed E-state index contributed by atoms with van der Waals surface area (Å²) < 4.78 is 11.0. The van der Waals surface area contributed by atoms with E-state index in [0.29, 0.717) is 53.3 Å². The fraction of sp³-hybridized carbons (Fsp3) is 0.143. The Balaban J connectivity index is 1.38. The molecule has 0 saturated carbocycles. The number of aromatic nitrogens is 1. The smallest absolute Gasteiger partial charge is 0.257 e. The zero-order chi connectivity index (χ0) is 19.3. The number of hydrogen-bond acceptors (Lipinski definition) is 5. The molecule has 1 aromatic heterocycles. The highest BCUT2D eigenvalue weighted by Crippen LogP contribution is 2.32. The molecule has 0 unspecified atom stereocenters. The molecule has 2 N–H and O–H groups in total. The van der Waals surface area contributed by atoms with Gasteiger partial charge in [0.1, 0.15) is 19.0 Å². The fourth-order valence-electron chi connectivity index (χ4n) is 2.78. The number of fused-ring (bicyclic) bond motifs is 1. The van der Waals surface area contributed by atoms with E-state index in [-0.39, 0.29) is 5.91 Å². The van der Waals surface area contributed by atoms with Crippen LogP contribution in [0.2, 0.25) is 5.02 Å². The standard InChI is InChI=1S/C21H18ClN3O3/c22-17-4-2-1-3-14(17)12-23-20-8-5-15(13-24-20)21(26)25-16-6-7-18-19(11-16)28-10-9-27-18/h1-8,11,13H,9-10,12H2,(H,23,24)(H,25,26). The molecule has 4 rings (SSSR count). The highest BCUT2D eigenvalue weighted by atomic mass is 35.5. The highest BCUT2D eigenvalue weighted by molar-refractivity contribution is 6.31. The van der Waals surface area contributed by atoms with Gasteiger partial charge in [0.2, 0.25) is 0 Å². The van der Waals surface area contributed by atoms with Crippen LogP contribution >= 0.6 is 11.6 Å². The van der Waals surface area contributed by atoms with Crippen molar-refractivity contribution in [3.8, 4) is 11.5 Å². The second-order valence-electron chi connectivity index (χ2n) is 6.19. The molecule has 0 bridgehead atoms. The molecule has 1 aliphatic rings. The van der Waals surface area contributed by atoms with E-state index in [2.05, 4.69) is 15.6 Å². The van der Waals surface area contributed by atoms with Crippen LogP contribution in [0.3, 0.4) is 0 Å². The lowest BCUT2D eigenvalue weighted by Crippen LogP contribution is -2.16. The van der Waals surface area contributed by atoms with Gasteiger partial charge >= 0.3 is 0 Å². The van der Waals surface area contributed by atoms with E-state index in [0.717, 1.165) is 5.56 Å². The number of nitrogens with one attached hydrogen (secondary N) is 2. The number of ether oxygens (including phenoxy) is 2. The van der Waals surface area contributed by atoms with Gasteiger partial charge in [0, 0.05) is 29.5 Å². The third kappa shape index (κ3) is 4.18. The number of hydrogen-bond donors (Lipinski definition) is 2. The summed E-state index contributed by atoms with van der Waals surface area (Å²) in [7, 11) is 0. The molecule has 142 valence electrons. The Morgan fingerprint density at radius 1 is 1.04 bits per heavy atom. The van der Waals surface area contributed by atoms with E-state index in [4.69, 9.17) is 21.1 Å². The van der Waals surface area contributed by atoms with Gasteiger partial charge in [-0.15, -0.1) is 0 Å². The number of amides is 1. The molecule has 1 aliphatic heterocycles. The number of benzene rings is 2. The molecule has 0 spiro atoms. The van der Waals surface area contributed by atoms with Crippen LogP contribution in [0.1, 0.15) is 15.9 Å². The topological polar surface area (TPSA) is 72.5 Å². The summed E-state index contributed by atoms with van der Waals surface area (Å²) in [6, 6.07) is 16.4. The molecule has 0 radical (unpaired) electrons. The molecule has 6 nitrogen and oxygen atoms in total. The number of halogens is 1. The minimum absolute atomic E-state index is 0.248. The van der Waals surface area contributed by atoms with Crippen LogP contribution in [-0.4, -0.2) is 24.1 Å². The lowest BCUT2D eigenvalue weighted by Gasteiger charge is -2.19. The number of anilines is 2. The zero-order valence-corrected chi connectivity index (χ0v) is 15.7. The Hall–Kier alpha value is -3.25. The molecular weight excluding hydrogens is 378 g/mol. The predicted molar refractivity (Wildman–Crippen MR) is 108 cm³/mol. The van der Waals surface area contributed by atoms with Crippen LogP contribution in [-0.2, 0) is 6.54 Å². The van der Waals surface area contributed by atoms with Gasteiger partial charge in [0.25, 0.3) is 5.91 Å². The maximum absolute atomic E-state index is 12.5. The van der Waals surface area contributed by atoms with E-state index in [1.54, 1.807) is 30.3 Å². The van der Waals surface area contributed by atoms with Gasteiger partial charge in [-0.2, -0.15) is 0 Å². The van der Waals surface area contributed by atoms with E-state index >= 15 is 0 Å². The van der Waals surface area contributed by atoms with Crippen molar-refractivity contribution >= 4 is 29.0 Å². The molecule has 2 heterocycles. The first-order valence-corrected chi connectivity index (χ1v) is 9.21. The van der Waals surface area contributed by atoms with Crippen molar-refractivity contribution in [3.63, 3.8) is 0 Å². The summed E-state index contributed by atoms with van der Waals surface area (Å²) in [6.45, 7) is 1.58.